The third kappa shape index (κ3) is 2.34. The SMILES string of the molecule is CN(C(=O)C12CC1C2)C(c1ccccc1)c1ccc(F)cc1Cl. The third-order valence-corrected chi connectivity index (χ3v) is 5.52. The van der Waals surface area contributed by atoms with Gasteiger partial charge in [0.2, 0.25) is 5.91 Å². The third-order valence-electron chi connectivity index (χ3n) is 5.19. The summed E-state index contributed by atoms with van der Waals surface area (Å²) in [5.41, 5.74) is 1.63. The number of hydrogen-bond donors (Lipinski definition) is 0. The van der Waals surface area contributed by atoms with Gasteiger partial charge in [0.1, 0.15) is 5.82 Å². The number of carbonyl (C=O) groups is 1. The molecular formula is C19H17ClFNO. The summed E-state index contributed by atoms with van der Waals surface area (Å²) >= 11 is 6.29. The first-order valence-electron chi connectivity index (χ1n) is 7.80. The molecule has 0 aliphatic heterocycles. The van der Waals surface area contributed by atoms with Crippen molar-refractivity contribution in [2.24, 2.45) is 11.3 Å². The van der Waals surface area contributed by atoms with Gasteiger partial charge in [-0.05, 0) is 42.0 Å². The Morgan fingerprint density at radius 3 is 2.48 bits per heavy atom. The zero-order valence-corrected chi connectivity index (χ0v) is 13.6. The minimum atomic E-state index is -0.373. The van der Waals surface area contributed by atoms with Crippen LogP contribution in [0.25, 0.3) is 0 Å². The van der Waals surface area contributed by atoms with E-state index in [1.807, 2.05) is 37.4 Å². The smallest absolute Gasteiger partial charge is 0.229 e. The van der Waals surface area contributed by atoms with Crippen molar-refractivity contribution in [1.82, 2.24) is 4.90 Å². The first-order chi connectivity index (χ1) is 11.0. The lowest BCUT2D eigenvalue weighted by Crippen LogP contribution is -2.35. The molecule has 2 aromatic rings. The van der Waals surface area contributed by atoms with Gasteiger partial charge in [-0.25, -0.2) is 4.39 Å². The number of amides is 1. The van der Waals surface area contributed by atoms with Crippen LogP contribution in [-0.4, -0.2) is 17.9 Å². The molecule has 1 atom stereocenters. The van der Waals surface area contributed by atoms with Crippen LogP contribution in [-0.2, 0) is 4.79 Å². The maximum Gasteiger partial charge on any atom is 0.229 e. The van der Waals surface area contributed by atoms with Gasteiger partial charge in [0, 0.05) is 12.1 Å². The molecule has 2 aliphatic rings. The Kier molecular flexibility index (Phi) is 3.24. The molecule has 2 fully saturated rings. The van der Waals surface area contributed by atoms with Crippen molar-refractivity contribution in [1.29, 1.82) is 0 Å². The van der Waals surface area contributed by atoms with E-state index in [0.29, 0.717) is 10.9 Å². The summed E-state index contributed by atoms with van der Waals surface area (Å²) in [6, 6.07) is 13.8. The van der Waals surface area contributed by atoms with Crippen LogP contribution in [0, 0.1) is 17.2 Å². The average Bonchev–Trinajstić information content (AvgIpc) is 3.40. The second-order valence-corrected chi connectivity index (χ2v) is 7.06. The van der Waals surface area contributed by atoms with Crippen LogP contribution in [0.15, 0.2) is 48.5 Å². The predicted octanol–water partition coefficient (Wildman–Crippen LogP) is 4.44. The van der Waals surface area contributed by atoms with Gasteiger partial charge >= 0.3 is 0 Å². The molecule has 0 spiro atoms. The molecule has 2 saturated carbocycles. The van der Waals surface area contributed by atoms with E-state index < -0.39 is 0 Å². The van der Waals surface area contributed by atoms with Gasteiger partial charge in [0.05, 0.1) is 11.5 Å². The zero-order chi connectivity index (χ0) is 16.2. The van der Waals surface area contributed by atoms with Crippen LogP contribution >= 0.6 is 11.6 Å². The summed E-state index contributed by atoms with van der Waals surface area (Å²) < 4.78 is 13.4. The number of halogens is 2. The fraction of sp³-hybridized carbons (Fsp3) is 0.316. The van der Waals surface area contributed by atoms with Crippen molar-refractivity contribution in [2.45, 2.75) is 18.9 Å². The molecule has 2 aliphatic carbocycles. The molecule has 1 amide bonds. The van der Waals surface area contributed by atoms with Crippen molar-refractivity contribution in [3.8, 4) is 0 Å². The minimum absolute atomic E-state index is 0.103. The van der Waals surface area contributed by atoms with Crippen LogP contribution in [0.2, 0.25) is 5.02 Å². The zero-order valence-electron chi connectivity index (χ0n) is 12.8. The van der Waals surface area contributed by atoms with Gasteiger partial charge < -0.3 is 4.90 Å². The molecule has 0 N–H and O–H groups in total. The molecular weight excluding hydrogens is 313 g/mol. The van der Waals surface area contributed by atoms with Crippen LogP contribution < -0.4 is 0 Å². The number of fused-ring (bicyclic) bond motifs is 1. The van der Waals surface area contributed by atoms with Gasteiger partial charge in [-0.15, -0.1) is 0 Å². The molecule has 2 nitrogen and oxygen atoms in total. The normalized spacial score (nSPS) is 25.4. The highest BCUT2D eigenvalue weighted by Gasteiger charge is 2.75. The second-order valence-electron chi connectivity index (χ2n) is 6.66. The summed E-state index contributed by atoms with van der Waals surface area (Å²) in [5, 5.41) is 0.346. The fourth-order valence-electron chi connectivity index (χ4n) is 3.49. The van der Waals surface area contributed by atoms with E-state index in [1.54, 1.807) is 11.0 Å². The van der Waals surface area contributed by atoms with Crippen molar-refractivity contribution >= 4 is 17.5 Å². The Morgan fingerprint density at radius 1 is 1.26 bits per heavy atom. The molecule has 0 saturated heterocycles. The standard InChI is InChI=1S/C19H17ClFNO/c1-22(18(23)19-10-13(19)11-19)17(12-5-3-2-4-6-12)15-8-7-14(21)9-16(15)20/h2-9,13,17H,10-11H2,1H3. The molecule has 2 aromatic carbocycles. The molecule has 0 aromatic heterocycles. The number of nitrogens with zero attached hydrogens (tertiary/aromatic N) is 1. The summed E-state index contributed by atoms with van der Waals surface area (Å²) in [6.45, 7) is 0. The molecule has 4 rings (SSSR count). The topological polar surface area (TPSA) is 20.3 Å². The predicted molar refractivity (Wildman–Crippen MR) is 87.6 cm³/mol. The van der Waals surface area contributed by atoms with Crippen molar-refractivity contribution in [3.63, 3.8) is 0 Å². The fourth-order valence-corrected chi connectivity index (χ4v) is 3.76. The highest BCUT2D eigenvalue weighted by molar-refractivity contribution is 6.31. The van der Waals surface area contributed by atoms with Gasteiger partial charge in [0.15, 0.2) is 0 Å². The number of benzene rings is 2. The maximum atomic E-state index is 13.4. The number of carbonyl (C=O) groups excluding carboxylic acids is 1. The molecule has 23 heavy (non-hydrogen) atoms. The molecule has 4 heteroatoms. The van der Waals surface area contributed by atoms with Gasteiger partial charge in [-0.1, -0.05) is 48.0 Å². The lowest BCUT2D eigenvalue weighted by molar-refractivity contribution is -0.135. The number of hydrogen-bond acceptors (Lipinski definition) is 1. The number of rotatable bonds is 4. The van der Waals surface area contributed by atoms with Gasteiger partial charge in [-0.3, -0.25) is 4.79 Å². The van der Waals surface area contributed by atoms with Gasteiger partial charge in [0.25, 0.3) is 0 Å². The van der Waals surface area contributed by atoms with Crippen molar-refractivity contribution < 1.29 is 9.18 Å². The lowest BCUT2D eigenvalue weighted by atomic mass is 9.96. The molecule has 0 heterocycles. The van der Waals surface area contributed by atoms with Crippen molar-refractivity contribution in [2.75, 3.05) is 7.05 Å². The first kappa shape index (κ1) is 14.7. The maximum absolute atomic E-state index is 13.4. The van der Waals surface area contributed by atoms with E-state index in [9.17, 15) is 9.18 Å². The summed E-state index contributed by atoms with van der Waals surface area (Å²) in [6.07, 6.45) is 2.02. The van der Waals surface area contributed by atoms with E-state index >= 15 is 0 Å². The Hall–Kier alpha value is -1.87. The lowest BCUT2D eigenvalue weighted by Gasteiger charge is -2.31. The second kappa shape index (κ2) is 5.07. The molecule has 1 unspecified atom stereocenters. The van der Waals surface area contributed by atoms with E-state index in [2.05, 4.69) is 0 Å². The first-order valence-corrected chi connectivity index (χ1v) is 8.18. The van der Waals surface area contributed by atoms with Crippen LogP contribution in [0.5, 0.6) is 0 Å². The summed E-state index contributed by atoms with van der Waals surface area (Å²) in [7, 11) is 1.82. The minimum Gasteiger partial charge on any atom is -0.334 e. The highest BCUT2D eigenvalue weighted by atomic mass is 35.5. The van der Waals surface area contributed by atoms with Crippen LogP contribution in [0.4, 0.5) is 4.39 Å². The quantitative estimate of drug-likeness (QED) is 0.812. The van der Waals surface area contributed by atoms with E-state index in [0.717, 1.165) is 24.0 Å². The van der Waals surface area contributed by atoms with E-state index in [-0.39, 0.29) is 23.2 Å². The van der Waals surface area contributed by atoms with Crippen LogP contribution in [0.3, 0.4) is 0 Å². The molecule has 0 bridgehead atoms. The Bertz CT molecular complexity index is 770. The highest BCUT2D eigenvalue weighted by Crippen LogP contribution is 2.76. The van der Waals surface area contributed by atoms with E-state index in [1.165, 1.54) is 12.1 Å². The van der Waals surface area contributed by atoms with Gasteiger partial charge in [-0.2, -0.15) is 0 Å². The Balaban J connectivity index is 1.76. The van der Waals surface area contributed by atoms with Crippen LogP contribution in [0.1, 0.15) is 30.0 Å². The van der Waals surface area contributed by atoms with Crippen molar-refractivity contribution in [3.05, 3.63) is 70.5 Å². The summed E-state index contributed by atoms with van der Waals surface area (Å²) in [4.78, 5) is 14.6. The monoisotopic (exact) mass is 329 g/mol. The van der Waals surface area contributed by atoms with E-state index in [4.69, 9.17) is 11.6 Å². The molecule has 0 radical (unpaired) electrons. The largest absolute Gasteiger partial charge is 0.334 e. The molecule has 118 valence electrons. The Labute approximate surface area is 139 Å². The summed E-state index contributed by atoms with van der Waals surface area (Å²) in [5.74, 6) is 0.386. The average molecular weight is 330 g/mol. The Morgan fingerprint density at radius 2 is 1.91 bits per heavy atom.